The van der Waals surface area contributed by atoms with Gasteiger partial charge in [-0.1, -0.05) is 24.3 Å². The molecule has 0 amide bonds. The Kier molecular flexibility index (Phi) is 4.35. The summed E-state index contributed by atoms with van der Waals surface area (Å²) in [5, 5.41) is 0. The van der Waals surface area contributed by atoms with Gasteiger partial charge in [0.25, 0.3) is 0 Å². The Morgan fingerprint density at radius 2 is 1.50 bits per heavy atom. The Labute approximate surface area is 67.1 Å². The number of hydrogen-bond acceptors (Lipinski definition) is 0. The topological polar surface area (TPSA) is 0 Å². The van der Waals surface area contributed by atoms with Crippen LogP contribution in [-0.4, -0.2) is 0 Å². The Morgan fingerprint density at radius 1 is 1.00 bits per heavy atom. The minimum atomic E-state index is 0. The zero-order valence-electron chi connectivity index (χ0n) is 3.27. The van der Waals surface area contributed by atoms with Crippen LogP contribution in [0.3, 0.4) is 0 Å². The summed E-state index contributed by atoms with van der Waals surface area (Å²) >= 11 is 0. The quantitative estimate of drug-likeness (QED) is 0.603. The number of rotatable bonds is 0. The molecule has 0 unspecified atom stereocenters. The summed E-state index contributed by atoms with van der Waals surface area (Å²) < 4.78 is 0. The second-order valence-corrected chi connectivity index (χ2v) is 1.09. The van der Waals surface area contributed by atoms with E-state index in [0.29, 0.717) is 0 Å². The minimum absolute atomic E-state index is 0. The third kappa shape index (κ3) is 1.99. The van der Waals surface area contributed by atoms with E-state index in [1.165, 1.54) is 0 Å². The molecule has 0 heterocycles. The fourth-order valence-electron chi connectivity index (χ4n) is 0.393. The predicted molar refractivity (Wildman–Crippen MR) is 22.9 cm³/mol. The van der Waals surface area contributed by atoms with Crippen LogP contribution in [0.5, 0.6) is 0 Å². The second kappa shape index (κ2) is 3.89. The first-order valence-electron chi connectivity index (χ1n) is 1.82. The van der Waals surface area contributed by atoms with Gasteiger partial charge < -0.3 is 0 Å². The molecule has 0 bridgehead atoms. The molecule has 0 aromatic carbocycles. The van der Waals surface area contributed by atoms with Gasteiger partial charge in [0.15, 0.2) is 0 Å². The van der Waals surface area contributed by atoms with Crippen molar-refractivity contribution in [1.29, 1.82) is 0 Å². The molecular formula is C5H6Lu. The molecule has 1 heteroatoms. The Balaban J connectivity index is 0.000000250. The van der Waals surface area contributed by atoms with Crippen LogP contribution in [0.25, 0.3) is 0 Å². The first-order valence-corrected chi connectivity index (χ1v) is 1.82. The standard InChI is InChI=1S/C5H6.Lu/c1-2-4-5-3-1;/h1-4H,5H2;. The van der Waals surface area contributed by atoms with Crippen LogP contribution in [0.4, 0.5) is 0 Å². The number of hydrogen-bond donors (Lipinski definition) is 0. The van der Waals surface area contributed by atoms with Gasteiger partial charge in [-0.25, -0.2) is 0 Å². The molecule has 0 aliphatic heterocycles. The van der Waals surface area contributed by atoms with Crippen molar-refractivity contribution in [3.8, 4) is 0 Å². The molecule has 0 spiro atoms. The maximum Gasteiger partial charge on any atom is 0 e. The third-order valence-corrected chi connectivity index (χ3v) is 0.655. The van der Waals surface area contributed by atoms with E-state index in [1.807, 2.05) is 0 Å². The molecule has 0 aromatic rings. The van der Waals surface area contributed by atoms with E-state index in [2.05, 4.69) is 24.3 Å². The van der Waals surface area contributed by atoms with Crippen molar-refractivity contribution < 1.29 is 36.9 Å². The maximum absolute atomic E-state index is 2.12. The molecule has 1 radical (unpaired) electrons. The van der Waals surface area contributed by atoms with Gasteiger partial charge in [0.2, 0.25) is 0 Å². The molecular weight excluding hydrogens is 235 g/mol. The Hall–Kier alpha value is 0.714. The van der Waals surface area contributed by atoms with Crippen LogP contribution in [0.15, 0.2) is 24.3 Å². The number of allylic oxidation sites excluding steroid dienone is 4. The van der Waals surface area contributed by atoms with Gasteiger partial charge in [-0.2, -0.15) is 0 Å². The molecule has 1 aliphatic rings. The fraction of sp³-hybridized carbons (Fsp3) is 0.200. The second-order valence-electron chi connectivity index (χ2n) is 1.09. The SMILES string of the molecule is C1=CCC=C1.[Lu]. The van der Waals surface area contributed by atoms with E-state index in [9.17, 15) is 0 Å². The first kappa shape index (κ1) is 6.71. The van der Waals surface area contributed by atoms with Crippen molar-refractivity contribution in [3.63, 3.8) is 0 Å². The summed E-state index contributed by atoms with van der Waals surface area (Å²) in [7, 11) is 0. The smallest absolute Gasteiger partial charge is 0 e. The molecule has 0 saturated carbocycles. The average Bonchev–Trinajstić information content (AvgIpc) is 1.76. The maximum atomic E-state index is 2.12. The van der Waals surface area contributed by atoms with E-state index < -0.39 is 0 Å². The van der Waals surface area contributed by atoms with E-state index in [-0.39, 0.29) is 36.9 Å². The van der Waals surface area contributed by atoms with Crippen LogP contribution in [0.2, 0.25) is 0 Å². The van der Waals surface area contributed by atoms with Crippen molar-refractivity contribution in [3.05, 3.63) is 24.3 Å². The largest absolute Gasteiger partial charge is 0.0808 e. The summed E-state index contributed by atoms with van der Waals surface area (Å²) in [5.41, 5.74) is 0. The molecule has 1 rings (SSSR count). The molecule has 0 aromatic heterocycles. The van der Waals surface area contributed by atoms with E-state index >= 15 is 0 Å². The molecule has 6 heavy (non-hydrogen) atoms. The summed E-state index contributed by atoms with van der Waals surface area (Å²) in [6.07, 6.45) is 9.50. The average molecular weight is 241 g/mol. The van der Waals surface area contributed by atoms with Crippen LogP contribution in [0, 0.1) is 36.9 Å². The Bertz CT molecular complexity index is 62.0. The minimum Gasteiger partial charge on any atom is -0.0808 e. The monoisotopic (exact) mass is 241 g/mol. The molecule has 0 N–H and O–H groups in total. The van der Waals surface area contributed by atoms with Crippen LogP contribution in [-0.2, 0) is 0 Å². The van der Waals surface area contributed by atoms with Crippen LogP contribution >= 0.6 is 0 Å². The predicted octanol–water partition coefficient (Wildman–Crippen LogP) is 1.50. The van der Waals surface area contributed by atoms with Gasteiger partial charge in [0.1, 0.15) is 0 Å². The summed E-state index contributed by atoms with van der Waals surface area (Å²) in [5.74, 6) is 0. The van der Waals surface area contributed by atoms with Crippen molar-refractivity contribution in [2.24, 2.45) is 0 Å². The van der Waals surface area contributed by atoms with E-state index in [1.54, 1.807) is 0 Å². The van der Waals surface area contributed by atoms with Crippen molar-refractivity contribution in [2.45, 2.75) is 6.42 Å². The Morgan fingerprint density at radius 3 is 1.67 bits per heavy atom. The fourth-order valence-corrected chi connectivity index (χ4v) is 0.393. The van der Waals surface area contributed by atoms with Crippen molar-refractivity contribution >= 4 is 0 Å². The molecule has 0 fully saturated rings. The summed E-state index contributed by atoms with van der Waals surface area (Å²) in [6, 6.07) is 0. The van der Waals surface area contributed by atoms with Gasteiger partial charge in [0.05, 0.1) is 0 Å². The third-order valence-electron chi connectivity index (χ3n) is 0.655. The first-order chi connectivity index (χ1) is 2.50. The summed E-state index contributed by atoms with van der Waals surface area (Å²) in [4.78, 5) is 0. The van der Waals surface area contributed by atoms with Crippen LogP contribution < -0.4 is 0 Å². The molecule has 41 valence electrons. The molecule has 1 aliphatic carbocycles. The van der Waals surface area contributed by atoms with Crippen molar-refractivity contribution in [2.75, 3.05) is 0 Å². The molecule has 0 nitrogen and oxygen atoms in total. The van der Waals surface area contributed by atoms with Crippen molar-refractivity contribution in [1.82, 2.24) is 0 Å². The summed E-state index contributed by atoms with van der Waals surface area (Å²) in [6.45, 7) is 0. The van der Waals surface area contributed by atoms with Gasteiger partial charge in [0, 0.05) is 36.9 Å². The van der Waals surface area contributed by atoms with E-state index in [4.69, 9.17) is 0 Å². The van der Waals surface area contributed by atoms with E-state index in [0.717, 1.165) is 6.42 Å². The van der Waals surface area contributed by atoms with Crippen LogP contribution in [0.1, 0.15) is 6.42 Å². The molecule has 0 atom stereocenters. The van der Waals surface area contributed by atoms with Gasteiger partial charge in [-0.05, 0) is 6.42 Å². The van der Waals surface area contributed by atoms with Gasteiger partial charge >= 0.3 is 0 Å². The zero-order valence-corrected chi connectivity index (χ0v) is 4.93. The zero-order chi connectivity index (χ0) is 3.54. The van der Waals surface area contributed by atoms with Gasteiger partial charge in [-0.15, -0.1) is 0 Å². The normalized spacial score (nSPS) is 14.7. The molecule has 0 saturated heterocycles. The van der Waals surface area contributed by atoms with Gasteiger partial charge in [-0.3, -0.25) is 0 Å².